The summed E-state index contributed by atoms with van der Waals surface area (Å²) in [5.41, 5.74) is 3.73. The molecule has 0 aliphatic carbocycles. The van der Waals surface area contributed by atoms with Crippen molar-refractivity contribution in [3.8, 4) is 0 Å². The van der Waals surface area contributed by atoms with Gasteiger partial charge in [-0.2, -0.15) is 0 Å². The van der Waals surface area contributed by atoms with E-state index >= 15 is 0 Å². The molecule has 25 heavy (non-hydrogen) atoms. The van der Waals surface area contributed by atoms with Crippen molar-refractivity contribution in [1.82, 2.24) is 4.90 Å². The van der Waals surface area contributed by atoms with Gasteiger partial charge in [0.15, 0.2) is 6.10 Å². The van der Waals surface area contributed by atoms with Crippen LogP contribution in [0.1, 0.15) is 23.7 Å². The molecular weight excluding hydrogens is 314 g/mol. The van der Waals surface area contributed by atoms with Gasteiger partial charge < -0.3 is 14.6 Å². The third kappa shape index (κ3) is 3.99. The molecule has 3 rings (SSSR count). The van der Waals surface area contributed by atoms with Crippen LogP contribution in [0.25, 0.3) is 0 Å². The molecule has 2 aromatic carbocycles. The van der Waals surface area contributed by atoms with Crippen molar-refractivity contribution in [3.05, 3.63) is 65.7 Å². The van der Waals surface area contributed by atoms with E-state index in [1.54, 1.807) is 11.9 Å². The summed E-state index contributed by atoms with van der Waals surface area (Å²) < 4.78 is 0. The minimum Gasteiger partial charge on any atom is -0.387 e. The van der Waals surface area contributed by atoms with Gasteiger partial charge in [0.1, 0.15) is 5.71 Å². The van der Waals surface area contributed by atoms with Crippen LogP contribution in [0.3, 0.4) is 0 Å². The van der Waals surface area contributed by atoms with E-state index in [1.807, 2.05) is 61.5 Å². The monoisotopic (exact) mass is 337 g/mol. The van der Waals surface area contributed by atoms with E-state index in [9.17, 15) is 4.79 Å². The quantitative estimate of drug-likeness (QED) is 0.841. The van der Waals surface area contributed by atoms with Crippen molar-refractivity contribution in [2.45, 2.75) is 19.1 Å². The summed E-state index contributed by atoms with van der Waals surface area (Å²) in [6.07, 6.45) is 0.333. The van der Waals surface area contributed by atoms with Crippen LogP contribution in [0.4, 0.5) is 5.69 Å². The van der Waals surface area contributed by atoms with Crippen molar-refractivity contribution in [2.24, 2.45) is 5.16 Å². The van der Waals surface area contributed by atoms with E-state index in [1.165, 1.54) is 0 Å². The predicted octanol–water partition coefficient (Wildman–Crippen LogP) is 3.23. The second-order valence-electron chi connectivity index (χ2n) is 6.47. The highest BCUT2D eigenvalue weighted by atomic mass is 16.6. The van der Waals surface area contributed by atoms with Crippen LogP contribution < -0.4 is 4.90 Å². The van der Waals surface area contributed by atoms with Crippen molar-refractivity contribution in [2.75, 3.05) is 26.0 Å². The number of carbonyl (C=O) groups excluding carboxylic acids is 1. The molecule has 1 aliphatic heterocycles. The summed E-state index contributed by atoms with van der Waals surface area (Å²) in [5, 5.41) is 4.01. The molecule has 1 unspecified atom stereocenters. The molecule has 1 heterocycles. The molecule has 0 spiro atoms. The van der Waals surface area contributed by atoms with E-state index in [0.29, 0.717) is 18.7 Å². The number of oxime groups is 1. The predicted molar refractivity (Wildman–Crippen MR) is 99.6 cm³/mol. The molecule has 5 heteroatoms. The Morgan fingerprint density at radius 2 is 1.76 bits per heavy atom. The second kappa shape index (κ2) is 7.38. The van der Waals surface area contributed by atoms with Crippen LogP contribution in [0.2, 0.25) is 0 Å². The van der Waals surface area contributed by atoms with E-state index in [2.05, 4.69) is 17.3 Å². The highest BCUT2D eigenvalue weighted by Crippen LogP contribution is 2.27. The lowest BCUT2D eigenvalue weighted by Gasteiger charge is -2.18. The molecule has 0 saturated heterocycles. The van der Waals surface area contributed by atoms with Gasteiger partial charge in [-0.1, -0.05) is 47.6 Å². The number of carbonyl (C=O) groups is 1. The molecule has 0 aromatic heterocycles. The van der Waals surface area contributed by atoms with Crippen LogP contribution >= 0.6 is 0 Å². The Balaban J connectivity index is 1.59. The van der Waals surface area contributed by atoms with Gasteiger partial charge in [-0.25, -0.2) is 0 Å². The lowest BCUT2D eigenvalue weighted by Crippen LogP contribution is -2.32. The van der Waals surface area contributed by atoms with E-state index in [4.69, 9.17) is 4.84 Å². The summed E-state index contributed by atoms with van der Waals surface area (Å²) in [4.78, 5) is 21.8. The van der Waals surface area contributed by atoms with E-state index < -0.39 is 0 Å². The number of anilines is 1. The highest BCUT2D eigenvalue weighted by molar-refractivity contribution is 6.38. The number of rotatable bonds is 5. The molecule has 130 valence electrons. The van der Waals surface area contributed by atoms with Crippen molar-refractivity contribution < 1.29 is 9.63 Å². The van der Waals surface area contributed by atoms with Crippen LogP contribution in [0.5, 0.6) is 0 Å². The summed E-state index contributed by atoms with van der Waals surface area (Å²) >= 11 is 0. The zero-order valence-corrected chi connectivity index (χ0v) is 14.8. The normalized spacial score (nSPS) is 16.1. The van der Waals surface area contributed by atoms with Crippen LogP contribution in [0.15, 0.2) is 59.8 Å². The Hall–Kier alpha value is -2.82. The lowest BCUT2D eigenvalue weighted by atomic mass is 10.0. The van der Waals surface area contributed by atoms with Gasteiger partial charge >= 0.3 is 0 Å². The van der Waals surface area contributed by atoms with Crippen LogP contribution in [0, 0.1) is 0 Å². The van der Waals surface area contributed by atoms with Crippen molar-refractivity contribution >= 4 is 17.3 Å². The van der Waals surface area contributed by atoms with Crippen molar-refractivity contribution in [1.29, 1.82) is 0 Å². The molecule has 0 N–H and O–H groups in total. The molecule has 0 bridgehead atoms. The average molecular weight is 337 g/mol. The molecule has 1 aliphatic rings. The molecular formula is C20H23N3O2. The molecule has 1 atom stereocenters. The third-order valence-electron chi connectivity index (χ3n) is 4.31. The van der Waals surface area contributed by atoms with E-state index in [-0.39, 0.29) is 12.0 Å². The first-order chi connectivity index (χ1) is 12.0. The minimum atomic E-state index is -0.173. The fraction of sp³-hybridized carbons (Fsp3) is 0.300. The maximum absolute atomic E-state index is 12.6. The fourth-order valence-corrected chi connectivity index (χ4v) is 2.82. The maximum atomic E-state index is 12.6. The first kappa shape index (κ1) is 17.0. The summed E-state index contributed by atoms with van der Waals surface area (Å²) in [5.74, 6) is -0.0879. The van der Waals surface area contributed by atoms with Gasteiger partial charge in [0, 0.05) is 39.8 Å². The third-order valence-corrected chi connectivity index (χ3v) is 4.31. The van der Waals surface area contributed by atoms with Gasteiger partial charge in [0.2, 0.25) is 0 Å². The fourth-order valence-electron chi connectivity index (χ4n) is 2.82. The van der Waals surface area contributed by atoms with Gasteiger partial charge in [0.25, 0.3) is 5.91 Å². The molecule has 1 amide bonds. The highest BCUT2D eigenvalue weighted by Gasteiger charge is 2.29. The minimum absolute atomic E-state index is 0.0879. The topological polar surface area (TPSA) is 45.1 Å². The zero-order valence-electron chi connectivity index (χ0n) is 14.8. The number of benzene rings is 2. The average Bonchev–Trinajstić information content (AvgIpc) is 3.12. The Bertz CT molecular complexity index is 754. The maximum Gasteiger partial charge on any atom is 0.271 e. The Labute approximate surface area is 148 Å². The largest absolute Gasteiger partial charge is 0.387 e. The van der Waals surface area contributed by atoms with Crippen molar-refractivity contribution in [3.63, 3.8) is 0 Å². The lowest BCUT2D eigenvalue weighted by molar-refractivity contribution is -0.123. The second-order valence-corrected chi connectivity index (χ2v) is 6.47. The first-order valence-electron chi connectivity index (χ1n) is 8.34. The number of hydrogen-bond donors (Lipinski definition) is 0. The zero-order chi connectivity index (χ0) is 17.8. The van der Waals surface area contributed by atoms with Gasteiger partial charge in [-0.3, -0.25) is 4.79 Å². The summed E-state index contributed by atoms with van der Waals surface area (Å²) in [6.45, 7) is 0.543. The van der Waals surface area contributed by atoms with Gasteiger partial charge in [-0.15, -0.1) is 0 Å². The smallest absolute Gasteiger partial charge is 0.271 e. The summed E-state index contributed by atoms with van der Waals surface area (Å²) in [6, 6.07) is 18.0. The molecule has 0 saturated carbocycles. The molecule has 0 radical (unpaired) electrons. The first-order valence-corrected chi connectivity index (χ1v) is 8.34. The van der Waals surface area contributed by atoms with Gasteiger partial charge in [0.05, 0.1) is 0 Å². The Morgan fingerprint density at radius 1 is 1.08 bits per heavy atom. The molecule has 0 fully saturated rings. The SMILES string of the molecule is CN(Cc1ccc(N(C)C)cc1)C(=O)C1=NOC(c2ccccc2)C1. The molecule has 2 aromatic rings. The Morgan fingerprint density at radius 3 is 2.40 bits per heavy atom. The number of nitrogens with zero attached hydrogens (tertiary/aromatic N) is 3. The van der Waals surface area contributed by atoms with E-state index in [0.717, 1.165) is 16.8 Å². The Kier molecular flexibility index (Phi) is 5.03. The van der Waals surface area contributed by atoms with Crippen LogP contribution in [-0.2, 0) is 16.2 Å². The number of hydrogen-bond acceptors (Lipinski definition) is 4. The van der Waals surface area contributed by atoms with Crippen LogP contribution in [-0.4, -0.2) is 37.7 Å². The summed E-state index contributed by atoms with van der Waals surface area (Å²) in [7, 11) is 5.80. The molecule has 5 nitrogen and oxygen atoms in total. The standard InChI is InChI=1S/C20H23N3O2/c1-22(2)17-11-9-15(10-12-17)14-23(3)20(24)18-13-19(25-21-18)16-7-5-4-6-8-16/h4-12,19H,13-14H2,1-3H3. The number of amides is 1. The van der Waals surface area contributed by atoms with Gasteiger partial charge in [-0.05, 0) is 23.3 Å².